The van der Waals surface area contributed by atoms with Gasteiger partial charge in [0, 0.05) is 43.9 Å². The van der Waals surface area contributed by atoms with Crippen LogP contribution in [0.5, 0.6) is 0 Å². The predicted octanol–water partition coefficient (Wildman–Crippen LogP) is 5.16. The van der Waals surface area contributed by atoms with Crippen LogP contribution in [0.3, 0.4) is 0 Å². The summed E-state index contributed by atoms with van der Waals surface area (Å²) in [6, 6.07) is 12.8. The minimum atomic E-state index is -2.78. The second-order valence-electron chi connectivity index (χ2n) is 7.28. The molecule has 1 fully saturated rings. The molecule has 2 aromatic rings. The van der Waals surface area contributed by atoms with Gasteiger partial charge < -0.3 is 10.3 Å². The standard InChI is InChI=1S/C23H22F3N5O/c24-18-14-17(31-13-10-23(25,26)15-31)6-7-19(18)29-12-9-21(32)22(28)20(8-11-27)30-16-4-2-1-3-5-16/h1-7,11-12,14,27-28H,8-10,13,15H2. The van der Waals surface area contributed by atoms with Crippen molar-refractivity contribution in [2.75, 3.05) is 18.0 Å². The van der Waals surface area contributed by atoms with E-state index in [0.29, 0.717) is 11.4 Å². The quantitative estimate of drug-likeness (QED) is 0.526. The Labute approximate surface area is 183 Å². The van der Waals surface area contributed by atoms with Crippen molar-refractivity contribution in [2.45, 2.75) is 25.2 Å². The lowest BCUT2D eigenvalue weighted by Gasteiger charge is -2.18. The van der Waals surface area contributed by atoms with Gasteiger partial charge in [-0.05, 0) is 30.3 Å². The summed E-state index contributed by atoms with van der Waals surface area (Å²) < 4.78 is 41.1. The Morgan fingerprint density at radius 3 is 2.53 bits per heavy atom. The largest absolute Gasteiger partial charge is 0.365 e. The number of alkyl halides is 2. The number of benzene rings is 2. The molecule has 9 heteroatoms. The number of Topliss-reactive ketones (excluding diaryl/α,β-unsaturated/α-hetero) is 1. The van der Waals surface area contributed by atoms with Crippen LogP contribution in [0, 0.1) is 16.6 Å². The van der Waals surface area contributed by atoms with E-state index in [9.17, 15) is 18.0 Å². The van der Waals surface area contributed by atoms with Gasteiger partial charge in [0.15, 0.2) is 11.6 Å². The molecule has 0 unspecified atom stereocenters. The fourth-order valence-corrected chi connectivity index (χ4v) is 3.20. The molecule has 0 aliphatic carbocycles. The fraction of sp³-hybridized carbons (Fsp3) is 0.261. The maximum atomic E-state index is 14.4. The lowest BCUT2D eigenvalue weighted by molar-refractivity contribution is -0.111. The molecule has 1 aliphatic heterocycles. The zero-order valence-electron chi connectivity index (χ0n) is 17.2. The van der Waals surface area contributed by atoms with Crippen LogP contribution in [0.1, 0.15) is 19.3 Å². The molecule has 3 rings (SSSR count). The molecular formula is C23H22F3N5O. The SMILES string of the molecule is N=CCC(=Nc1ccccc1)C(=N)C(=O)CC=Nc1ccc(N2CCC(F)(F)C2)cc1F. The molecule has 0 atom stereocenters. The highest BCUT2D eigenvalue weighted by Crippen LogP contribution is 2.32. The first-order valence-corrected chi connectivity index (χ1v) is 9.97. The van der Waals surface area contributed by atoms with E-state index in [4.69, 9.17) is 10.8 Å². The summed E-state index contributed by atoms with van der Waals surface area (Å²) >= 11 is 0. The lowest BCUT2D eigenvalue weighted by Crippen LogP contribution is -2.24. The summed E-state index contributed by atoms with van der Waals surface area (Å²) in [5.41, 5.74) is 0.701. The average Bonchev–Trinajstić information content (AvgIpc) is 3.14. The van der Waals surface area contributed by atoms with Crippen LogP contribution < -0.4 is 4.90 Å². The minimum absolute atomic E-state index is 0.0300. The monoisotopic (exact) mass is 441 g/mol. The Kier molecular flexibility index (Phi) is 7.29. The van der Waals surface area contributed by atoms with Gasteiger partial charge in [-0.3, -0.25) is 20.2 Å². The van der Waals surface area contributed by atoms with Crippen LogP contribution in [0.15, 0.2) is 58.5 Å². The third kappa shape index (κ3) is 5.96. The molecule has 0 saturated carbocycles. The van der Waals surface area contributed by atoms with Gasteiger partial charge in [0.05, 0.1) is 23.6 Å². The number of nitrogens with zero attached hydrogens (tertiary/aromatic N) is 3. The van der Waals surface area contributed by atoms with E-state index >= 15 is 0 Å². The number of hydrogen-bond acceptors (Lipinski definition) is 6. The van der Waals surface area contributed by atoms with Crippen molar-refractivity contribution in [3.05, 3.63) is 54.3 Å². The smallest absolute Gasteiger partial charge is 0.266 e. The van der Waals surface area contributed by atoms with Gasteiger partial charge in [-0.15, -0.1) is 0 Å². The zero-order chi connectivity index (χ0) is 23.1. The Hall–Kier alpha value is -3.62. The topological polar surface area (TPSA) is 92.7 Å². The van der Waals surface area contributed by atoms with Gasteiger partial charge in [-0.1, -0.05) is 18.2 Å². The van der Waals surface area contributed by atoms with Crippen molar-refractivity contribution < 1.29 is 18.0 Å². The normalized spacial score (nSPS) is 15.8. The van der Waals surface area contributed by atoms with E-state index in [0.717, 1.165) is 12.3 Å². The average molecular weight is 441 g/mol. The summed E-state index contributed by atoms with van der Waals surface area (Å²) in [7, 11) is 0. The third-order valence-corrected chi connectivity index (χ3v) is 4.86. The predicted molar refractivity (Wildman–Crippen MR) is 121 cm³/mol. The van der Waals surface area contributed by atoms with E-state index < -0.39 is 24.1 Å². The molecule has 0 amide bonds. The molecule has 0 bridgehead atoms. The lowest BCUT2D eigenvalue weighted by atomic mass is 10.1. The van der Waals surface area contributed by atoms with Crippen LogP contribution in [0.25, 0.3) is 0 Å². The fourth-order valence-electron chi connectivity index (χ4n) is 3.20. The first kappa shape index (κ1) is 23.1. The van der Waals surface area contributed by atoms with Crippen LogP contribution in [-0.4, -0.2) is 48.6 Å². The van der Waals surface area contributed by atoms with Gasteiger partial charge in [-0.2, -0.15) is 0 Å². The molecular weight excluding hydrogens is 419 g/mol. The van der Waals surface area contributed by atoms with Gasteiger partial charge >= 0.3 is 0 Å². The summed E-state index contributed by atoms with van der Waals surface area (Å²) in [6.45, 7) is -0.303. The van der Waals surface area contributed by atoms with Crippen molar-refractivity contribution in [1.29, 1.82) is 10.8 Å². The van der Waals surface area contributed by atoms with Gasteiger partial charge in [0.1, 0.15) is 5.71 Å². The van der Waals surface area contributed by atoms with Crippen molar-refractivity contribution in [3.8, 4) is 0 Å². The van der Waals surface area contributed by atoms with E-state index in [1.165, 1.54) is 23.2 Å². The number of carbonyl (C=O) groups is 1. The second-order valence-corrected chi connectivity index (χ2v) is 7.28. The molecule has 1 aliphatic rings. The van der Waals surface area contributed by atoms with Crippen LogP contribution >= 0.6 is 0 Å². The highest BCUT2D eigenvalue weighted by molar-refractivity contribution is 6.68. The molecule has 2 aromatic carbocycles. The number of nitrogens with one attached hydrogen (secondary N) is 2. The summed E-state index contributed by atoms with van der Waals surface area (Å²) in [4.78, 5) is 22.0. The van der Waals surface area contributed by atoms with Crippen LogP contribution in [0.4, 0.5) is 30.2 Å². The molecule has 0 spiro atoms. The first-order chi connectivity index (χ1) is 15.3. The van der Waals surface area contributed by atoms with Crippen molar-refractivity contribution >= 4 is 46.7 Å². The number of halogens is 3. The molecule has 6 nitrogen and oxygen atoms in total. The highest BCUT2D eigenvalue weighted by Gasteiger charge is 2.38. The molecule has 32 heavy (non-hydrogen) atoms. The van der Waals surface area contributed by atoms with Gasteiger partial charge in [0.25, 0.3) is 5.92 Å². The third-order valence-electron chi connectivity index (χ3n) is 4.86. The maximum absolute atomic E-state index is 14.4. The molecule has 1 heterocycles. The molecule has 1 saturated heterocycles. The van der Waals surface area contributed by atoms with Crippen LogP contribution in [-0.2, 0) is 4.79 Å². The summed E-state index contributed by atoms with van der Waals surface area (Å²) in [6.07, 6.45) is 1.77. The highest BCUT2D eigenvalue weighted by atomic mass is 19.3. The first-order valence-electron chi connectivity index (χ1n) is 9.97. The number of ketones is 1. The zero-order valence-corrected chi connectivity index (χ0v) is 17.2. The Morgan fingerprint density at radius 2 is 1.91 bits per heavy atom. The van der Waals surface area contributed by atoms with Crippen molar-refractivity contribution in [1.82, 2.24) is 0 Å². The minimum Gasteiger partial charge on any atom is -0.365 e. The Bertz CT molecular complexity index is 1070. The molecule has 0 aromatic heterocycles. The summed E-state index contributed by atoms with van der Waals surface area (Å²) in [5.74, 6) is -4.04. The molecule has 166 valence electrons. The number of rotatable bonds is 9. The summed E-state index contributed by atoms with van der Waals surface area (Å²) in [5, 5.41) is 15.4. The van der Waals surface area contributed by atoms with E-state index in [-0.39, 0.29) is 42.9 Å². The second kappa shape index (κ2) is 10.1. The number of hydrogen-bond donors (Lipinski definition) is 2. The van der Waals surface area contributed by atoms with E-state index in [1.807, 2.05) is 6.07 Å². The van der Waals surface area contributed by atoms with Crippen LogP contribution in [0.2, 0.25) is 0 Å². The number of anilines is 1. The van der Waals surface area contributed by atoms with Crippen molar-refractivity contribution in [2.24, 2.45) is 9.98 Å². The van der Waals surface area contributed by atoms with Gasteiger partial charge in [-0.25, -0.2) is 13.2 Å². The van der Waals surface area contributed by atoms with E-state index in [2.05, 4.69) is 9.98 Å². The number of carbonyl (C=O) groups excluding carboxylic acids is 1. The number of aliphatic imine (C=N–C) groups is 2. The van der Waals surface area contributed by atoms with Crippen molar-refractivity contribution in [3.63, 3.8) is 0 Å². The van der Waals surface area contributed by atoms with Gasteiger partial charge in [0.2, 0.25) is 0 Å². The number of para-hydroxylation sites is 1. The Balaban J connectivity index is 1.64. The molecule has 2 N–H and O–H groups in total. The molecule has 0 radical (unpaired) electrons. The van der Waals surface area contributed by atoms with E-state index in [1.54, 1.807) is 24.3 Å². The Morgan fingerprint density at radius 1 is 1.16 bits per heavy atom. The maximum Gasteiger partial charge on any atom is 0.266 e.